The van der Waals surface area contributed by atoms with Gasteiger partial charge in [-0.1, -0.05) is 11.6 Å². The predicted octanol–water partition coefficient (Wildman–Crippen LogP) is 1.09. The van der Waals surface area contributed by atoms with Crippen LogP contribution in [-0.4, -0.2) is 19.5 Å². The number of rotatable bonds is 0. The van der Waals surface area contributed by atoms with E-state index in [-0.39, 0.29) is 5.88 Å². The van der Waals surface area contributed by atoms with E-state index in [0.717, 1.165) is 0 Å². The molecule has 0 radical (unpaired) electrons. The van der Waals surface area contributed by atoms with E-state index in [9.17, 15) is 0 Å². The number of hydrogen-bond acceptors (Lipinski definition) is 3. The summed E-state index contributed by atoms with van der Waals surface area (Å²) in [5.41, 5.74) is 0. The van der Waals surface area contributed by atoms with E-state index in [0.29, 0.717) is 10.8 Å². The zero-order chi connectivity index (χ0) is 7.84. The van der Waals surface area contributed by atoms with Gasteiger partial charge in [-0.15, -0.1) is 0 Å². The third-order valence-electron chi connectivity index (χ3n) is 1.27. The molecule has 0 unspecified atom stereocenters. The van der Waals surface area contributed by atoms with E-state index in [4.69, 9.17) is 16.7 Å². The molecule has 2 rings (SSSR count). The van der Waals surface area contributed by atoms with Gasteiger partial charge in [-0.05, 0) is 0 Å². The average Bonchev–Trinajstić information content (AvgIpc) is 2.27. The molecule has 1 N–H and O–H groups in total. The van der Waals surface area contributed by atoms with Crippen molar-refractivity contribution in [3.8, 4) is 5.88 Å². The van der Waals surface area contributed by atoms with E-state index in [2.05, 4.69) is 9.97 Å². The van der Waals surface area contributed by atoms with Gasteiger partial charge in [-0.25, -0.2) is 4.98 Å². The van der Waals surface area contributed by atoms with Gasteiger partial charge in [0.25, 0.3) is 0 Å². The van der Waals surface area contributed by atoms with Crippen LogP contribution in [0.15, 0.2) is 18.6 Å². The standard InChI is InChI=1S/C6H4ClN3O/c7-4-1-8-6-9-5(11)3-10(6)2-4/h1-3,11H. The summed E-state index contributed by atoms with van der Waals surface area (Å²) in [4.78, 5) is 7.56. The molecule has 11 heavy (non-hydrogen) atoms. The minimum absolute atomic E-state index is 0.0558. The summed E-state index contributed by atoms with van der Waals surface area (Å²) in [6, 6.07) is 0. The maximum Gasteiger partial charge on any atom is 0.237 e. The van der Waals surface area contributed by atoms with Crippen molar-refractivity contribution in [2.75, 3.05) is 0 Å². The van der Waals surface area contributed by atoms with Crippen molar-refractivity contribution >= 4 is 17.4 Å². The summed E-state index contributed by atoms with van der Waals surface area (Å²) in [6.07, 6.45) is 4.54. The van der Waals surface area contributed by atoms with E-state index < -0.39 is 0 Å². The van der Waals surface area contributed by atoms with Crippen LogP contribution in [0.3, 0.4) is 0 Å². The molecule has 0 bridgehead atoms. The van der Waals surface area contributed by atoms with E-state index in [1.54, 1.807) is 10.6 Å². The molecule has 0 saturated carbocycles. The zero-order valence-electron chi connectivity index (χ0n) is 5.40. The van der Waals surface area contributed by atoms with Crippen molar-refractivity contribution in [3.63, 3.8) is 0 Å². The monoisotopic (exact) mass is 169 g/mol. The van der Waals surface area contributed by atoms with Crippen LogP contribution in [-0.2, 0) is 0 Å². The number of hydrogen-bond donors (Lipinski definition) is 1. The minimum Gasteiger partial charge on any atom is -0.492 e. The average molecular weight is 170 g/mol. The van der Waals surface area contributed by atoms with Crippen molar-refractivity contribution in [2.45, 2.75) is 0 Å². The molecule has 2 aromatic heterocycles. The Hall–Kier alpha value is -1.29. The van der Waals surface area contributed by atoms with E-state index >= 15 is 0 Å². The quantitative estimate of drug-likeness (QED) is 0.642. The fourth-order valence-corrected chi connectivity index (χ4v) is 1.00. The molecule has 0 aromatic carbocycles. The molecule has 56 valence electrons. The summed E-state index contributed by atoms with van der Waals surface area (Å²) in [5.74, 6) is 0.381. The van der Waals surface area contributed by atoms with Crippen molar-refractivity contribution in [2.24, 2.45) is 0 Å². The molecular weight excluding hydrogens is 166 g/mol. The Labute approximate surface area is 67.1 Å². The summed E-state index contributed by atoms with van der Waals surface area (Å²) in [6.45, 7) is 0. The zero-order valence-corrected chi connectivity index (χ0v) is 6.15. The first-order valence-corrected chi connectivity index (χ1v) is 3.33. The first kappa shape index (κ1) is 6.42. The van der Waals surface area contributed by atoms with Crippen molar-refractivity contribution < 1.29 is 5.11 Å². The normalized spacial score (nSPS) is 10.6. The summed E-state index contributed by atoms with van der Waals surface area (Å²) < 4.78 is 1.55. The largest absolute Gasteiger partial charge is 0.492 e. The van der Waals surface area contributed by atoms with Crippen LogP contribution in [0.4, 0.5) is 0 Å². The molecule has 5 heteroatoms. The van der Waals surface area contributed by atoms with E-state index in [1.807, 2.05) is 0 Å². The Morgan fingerprint density at radius 2 is 2.27 bits per heavy atom. The van der Waals surface area contributed by atoms with Crippen LogP contribution in [0, 0.1) is 0 Å². The van der Waals surface area contributed by atoms with Gasteiger partial charge in [0, 0.05) is 6.20 Å². The molecule has 0 saturated heterocycles. The Morgan fingerprint density at radius 3 is 3.09 bits per heavy atom. The lowest BCUT2D eigenvalue weighted by Crippen LogP contribution is -1.85. The molecule has 0 aliphatic rings. The Morgan fingerprint density at radius 1 is 1.45 bits per heavy atom. The van der Waals surface area contributed by atoms with Gasteiger partial charge in [-0.2, -0.15) is 4.98 Å². The van der Waals surface area contributed by atoms with Gasteiger partial charge in [-0.3, -0.25) is 4.40 Å². The highest BCUT2D eigenvalue weighted by Crippen LogP contribution is 2.11. The number of aromatic nitrogens is 3. The van der Waals surface area contributed by atoms with Crippen LogP contribution in [0.5, 0.6) is 5.88 Å². The summed E-state index contributed by atoms with van der Waals surface area (Å²) in [7, 11) is 0. The molecule has 0 spiro atoms. The van der Waals surface area contributed by atoms with Crippen LogP contribution in [0.25, 0.3) is 5.78 Å². The van der Waals surface area contributed by atoms with Gasteiger partial charge in [0.1, 0.15) is 0 Å². The Bertz CT molecular complexity index is 398. The second kappa shape index (κ2) is 2.10. The first-order chi connectivity index (χ1) is 5.25. The molecule has 2 aromatic rings. The fourth-order valence-electron chi connectivity index (χ4n) is 0.847. The van der Waals surface area contributed by atoms with Gasteiger partial charge in [0.05, 0.1) is 17.4 Å². The van der Waals surface area contributed by atoms with Crippen LogP contribution >= 0.6 is 11.6 Å². The van der Waals surface area contributed by atoms with Gasteiger partial charge < -0.3 is 5.11 Å². The highest BCUT2D eigenvalue weighted by molar-refractivity contribution is 6.30. The SMILES string of the molecule is Oc1cn2cc(Cl)cnc2n1. The number of halogens is 1. The van der Waals surface area contributed by atoms with Crippen molar-refractivity contribution in [1.29, 1.82) is 0 Å². The molecule has 0 aliphatic carbocycles. The van der Waals surface area contributed by atoms with E-state index in [1.165, 1.54) is 12.4 Å². The lowest BCUT2D eigenvalue weighted by molar-refractivity contribution is 0.457. The molecule has 0 atom stereocenters. The number of imidazole rings is 1. The van der Waals surface area contributed by atoms with Gasteiger partial charge in [0.15, 0.2) is 0 Å². The third kappa shape index (κ3) is 1.01. The lowest BCUT2D eigenvalue weighted by atomic mass is 10.6. The highest BCUT2D eigenvalue weighted by atomic mass is 35.5. The molecule has 0 aliphatic heterocycles. The van der Waals surface area contributed by atoms with Gasteiger partial charge >= 0.3 is 0 Å². The van der Waals surface area contributed by atoms with Crippen molar-refractivity contribution in [3.05, 3.63) is 23.6 Å². The van der Waals surface area contributed by atoms with Crippen LogP contribution in [0.2, 0.25) is 5.02 Å². The van der Waals surface area contributed by atoms with Crippen LogP contribution < -0.4 is 0 Å². The lowest BCUT2D eigenvalue weighted by Gasteiger charge is -1.89. The predicted molar refractivity (Wildman–Crippen MR) is 39.7 cm³/mol. The fraction of sp³-hybridized carbons (Fsp3) is 0. The second-order valence-electron chi connectivity index (χ2n) is 2.08. The topological polar surface area (TPSA) is 50.4 Å². The molecular formula is C6H4ClN3O. The minimum atomic E-state index is -0.0558. The van der Waals surface area contributed by atoms with Gasteiger partial charge in [0.2, 0.25) is 11.7 Å². The van der Waals surface area contributed by atoms with Crippen molar-refractivity contribution in [1.82, 2.24) is 14.4 Å². The number of fused-ring (bicyclic) bond motifs is 1. The Kier molecular flexibility index (Phi) is 1.22. The summed E-state index contributed by atoms with van der Waals surface area (Å²) >= 11 is 5.64. The molecule has 2 heterocycles. The third-order valence-corrected chi connectivity index (χ3v) is 1.46. The smallest absolute Gasteiger partial charge is 0.237 e. The second-order valence-corrected chi connectivity index (χ2v) is 2.51. The maximum atomic E-state index is 8.93. The first-order valence-electron chi connectivity index (χ1n) is 2.95. The number of nitrogens with zero attached hydrogens (tertiary/aromatic N) is 3. The molecule has 0 amide bonds. The summed E-state index contributed by atoms with van der Waals surface area (Å²) in [5, 5.41) is 9.44. The molecule has 0 fully saturated rings. The molecule has 4 nitrogen and oxygen atoms in total. The van der Waals surface area contributed by atoms with Crippen LogP contribution in [0.1, 0.15) is 0 Å². The maximum absolute atomic E-state index is 8.93. The number of aromatic hydroxyl groups is 1. The Balaban J connectivity index is 2.82. The highest BCUT2D eigenvalue weighted by Gasteiger charge is 1.99.